The van der Waals surface area contributed by atoms with Gasteiger partial charge in [0.05, 0.1) is 24.2 Å². The third-order valence-electron chi connectivity index (χ3n) is 3.11. The predicted octanol–water partition coefficient (Wildman–Crippen LogP) is 1.88. The highest BCUT2D eigenvalue weighted by Gasteiger charge is 2.12. The van der Waals surface area contributed by atoms with Crippen molar-refractivity contribution in [2.24, 2.45) is 0 Å². The minimum absolute atomic E-state index is 0.193. The Morgan fingerprint density at radius 2 is 2.15 bits per heavy atom. The molecule has 0 aliphatic rings. The van der Waals surface area contributed by atoms with Crippen LogP contribution < -0.4 is 4.74 Å². The average Bonchev–Trinajstić information content (AvgIpc) is 2.72. The molecule has 5 nitrogen and oxygen atoms in total. The molecule has 1 N–H and O–H groups in total. The van der Waals surface area contributed by atoms with Gasteiger partial charge in [0.15, 0.2) is 0 Å². The van der Waals surface area contributed by atoms with Gasteiger partial charge in [-0.1, -0.05) is 0 Å². The van der Waals surface area contributed by atoms with Gasteiger partial charge in [0, 0.05) is 19.2 Å². The number of nitrogens with zero attached hydrogens (tertiary/aromatic N) is 3. The van der Waals surface area contributed by atoms with Crippen molar-refractivity contribution in [1.82, 2.24) is 14.5 Å². The van der Waals surface area contributed by atoms with Gasteiger partial charge in [-0.3, -0.25) is 0 Å². The van der Waals surface area contributed by atoms with Crippen molar-refractivity contribution < 1.29 is 9.84 Å². The maximum atomic E-state index is 9.06. The second-order valence-corrected chi connectivity index (χ2v) is 5.08. The van der Waals surface area contributed by atoms with Crippen LogP contribution >= 0.6 is 0 Å². The molecule has 20 heavy (non-hydrogen) atoms. The number of fused-ring (bicyclic) bond motifs is 1. The van der Waals surface area contributed by atoms with E-state index >= 15 is 0 Å². The largest absolute Gasteiger partial charge is 0.494 e. The summed E-state index contributed by atoms with van der Waals surface area (Å²) < 4.78 is 7.71. The summed E-state index contributed by atoms with van der Waals surface area (Å²) in [7, 11) is 4.06. The molecule has 2 aromatic rings. The fourth-order valence-corrected chi connectivity index (χ4v) is 2.30. The standard InChI is InChI=1S/C15H23N3O2/c1-4-20-12-6-7-14-13(10-12)16-15(11-17(2)3)18(14)8-5-9-19/h6-7,10,19H,4-5,8-9,11H2,1-3H3. The Hall–Kier alpha value is -1.59. The number of imidazole rings is 1. The molecule has 1 heterocycles. The molecule has 1 aromatic carbocycles. The van der Waals surface area contributed by atoms with E-state index in [9.17, 15) is 0 Å². The molecular formula is C15H23N3O2. The number of hydrogen-bond acceptors (Lipinski definition) is 4. The summed E-state index contributed by atoms with van der Waals surface area (Å²) in [5.74, 6) is 1.87. The van der Waals surface area contributed by atoms with Crippen LogP contribution in [-0.2, 0) is 13.1 Å². The Kier molecular flexibility index (Phi) is 4.98. The first-order valence-corrected chi connectivity index (χ1v) is 7.03. The van der Waals surface area contributed by atoms with Gasteiger partial charge in [0.2, 0.25) is 0 Å². The molecule has 0 aliphatic heterocycles. The van der Waals surface area contributed by atoms with Crippen LogP contribution in [0.3, 0.4) is 0 Å². The van der Waals surface area contributed by atoms with Gasteiger partial charge in [-0.25, -0.2) is 4.98 Å². The first-order valence-electron chi connectivity index (χ1n) is 7.03. The predicted molar refractivity (Wildman–Crippen MR) is 80.0 cm³/mol. The maximum absolute atomic E-state index is 9.06. The Labute approximate surface area is 119 Å². The number of aromatic nitrogens is 2. The van der Waals surface area contributed by atoms with Crippen LogP contribution in [0.15, 0.2) is 18.2 Å². The lowest BCUT2D eigenvalue weighted by molar-refractivity contribution is 0.278. The van der Waals surface area contributed by atoms with Crippen LogP contribution in [-0.4, -0.2) is 46.9 Å². The second kappa shape index (κ2) is 6.72. The van der Waals surface area contributed by atoms with Crippen molar-refractivity contribution in [3.63, 3.8) is 0 Å². The molecular weight excluding hydrogens is 254 g/mol. The van der Waals surface area contributed by atoms with Crippen molar-refractivity contribution in [1.29, 1.82) is 0 Å². The average molecular weight is 277 g/mol. The van der Waals surface area contributed by atoms with Gasteiger partial charge in [-0.15, -0.1) is 0 Å². The van der Waals surface area contributed by atoms with Crippen LogP contribution in [0, 0.1) is 0 Å². The van der Waals surface area contributed by atoms with E-state index in [1.54, 1.807) is 0 Å². The zero-order valence-electron chi connectivity index (χ0n) is 12.5. The summed E-state index contributed by atoms with van der Waals surface area (Å²) in [6.45, 7) is 4.38. The third-order valence-corrected chi connectivity index (χ3v) is 3.11. The van der Waals surface area contributed by atoms with Crippen molar-refractivity contribution in [3.8, 4) is 5.75 Å². The van der Waals surface area contributed by atoms with Gasteiger partial charge < -0.3 is 19.3 Å². The molecule has 0 fully saturated rings. The van der Waals surface area contributed by atoms with E-state index in [4.69, 9.17) is 14.8 Å². The SMILES string of the molecule is CCOc1ccc2c(c1)nc(CN(C)C)n2CCCO. The molecule has 0 saturated carbocycles. The Bertz CT molecular complexity index is 563. The van der Waals surface area contributed by atoms with Crippen LogP contribution in [0.2, 0.25) is 0 Å². The third kappa shape index (κ3) is 3.29. The molecule has 0 unspecified atom stereocenters. The molecule has 0 saturated heterocycles. The van der Waals surface area contributed by atoms with Crippen LogP contribution in [0.5, 0.6) is 5.75 Å². The Balaban J connectivity index is 2.41. The Morgan fingerprint density at radius 1 is 1.35 bits per heavy atom. The topological polar surface area (TPSA) is 50.5 Å². The molecule has 0 spiro atoms. The number of benzene rings is 1. The second-order valence-electron chi connectivity index (χ2n) is 5.08. The van der Waals surface area contributed by atoms with Crippen LogP contribution in [0.25, 0.3) is 11.0 Å². The lowest BCUT2D eigenvalue weighted by Gasteiger charge is -2.12. The summed E-state index contributed by atoms with van der Waals surface area (Å²) in [6.07, 6.45) is 0.735. The maximum Gasteiger partial charge on any atom is 0.124 e. The van der Waals surface area contributed by atoms with Gasteiger partial charge in [0.25, 0.3) is 0 Å². The normalized spacial score (nSPS) is 11.4. The molecule has 0 atom stereocenters. The summed E-state index contributed by atoms with van der Waals surface area (Å²) >= 11 is 0. The first kappa shape index (κ1) is 14.8. The molecule has 0 amide bonds. The quantitative estimate of drug-likeness (QED) is 0.839. The van der Waals surface area contributed by atoms with Crippen molar-refractivity contribution in [2.75, 3.05) is 27.3 Å². The molecule has 0 bridgehead atoms. The monoisotopic (exact) mass is 277 g/mol. The number of aliphatic hydroxyl groups excluding tert-OH is 1. The first-order chi connectivity index (χ1) is 9.65. The zero-order valence-corrected chi connectivity index (χ0v) is 12.5. The van der Waals surface area contributed by atoms with E-state index in [1.807, 2.05) is 39.2 Å². The fourth-order valence-electron chi connectivity index (χ4n) is 2.30. The summed E-state index contributed by atoms with van der Waals surface area (Å²) in [4.78, 5) is 6.81. The molecule has 110 valence electrons. The lowest BCUT2D eigenvalue weighted by atomic mass is 10.3. The Morgan fingerprint density at radius 3 is 2.80 bits per heavy atom. The van der Waals surface area contributed by atoms with E-state index in [2.05, 4.69) is 9.47 Å². The van der Waals surface area contributed by atoms with Gasteiger partial charge in [-0.2, -0.15) is 0 Å². The van der Waals surface area contributed by atoms with E-state index in [1.165, 1.54) is 0 Å². The number of aliphatic hydroxyl groups is 1. The number of ether oxygens (including phenoxy) is 1. The van der Waals surface area contributed by atoms with E-state index in [-0.39, 0.29) is 6.61 Å². The van der Waals surface area contributed by atoms with Crippen LogP contribution in [0.4, 0.5) is 0 Å². The van der Waals surface area contributed by atoms with Gasteiger partial charge in [0.1, 0.15) is 11.6 Å². The van der Waals surface area contributed by atoms with Crippen molar-refractivity contribution >= 4 is 11.0 Å². The van der Waals surface area contributed by atoms with Gasteiger partial charge in [-0.05, 0) is 39.6 Å². The van der Waals surface area contributed by atoms with E-state index in [0.717, 1.165) is 42.1 Å². The minimum atomic E-state index is 0.193. The summed E-state index contributed by atoms with van der Waals surface area (Å²) in [5.41, 5.74) is 2.05. The molecule has 0 aliphatic carbocycles. The highest BCUT2D eigenvalue weighted by atomic mass is 16.5. The number of hydrogen-bond donors (Lipinski definition) is 1. The highest BCUT2D eigenvalue weighted by Crippen LogP contribution is 2.23. The fraction of sp³-hybridized carbons (Fsp3) is 0.533. The van der Waals surface area contributed by atoms with Crippen molar-refractivity contribution in [2.45, 2.75) is 26.4 Å². The molecule has 5 heteroatoms. The number of aryl methyl sites for hydroxylation is 1. The smallest absolute Gasteiger partial charge is 0.124 e. The highest BCUT2D eigenvalue weighted by molar-refractivity contribution is 5.77. The molecule has 1 aromatic heterocycles. The van der Waals surface area contributed by atoms with E-state index < -0.39 is 0 Å². The summed E-state index contributed by atoms with van der Waals surface area (Å²) in [5, 5.41) is 9.06. The van der Waals surface area contributed by atoms with Crippen molar-refractivity contribution in [3.05, 3.63) is 24.0 Å². The summed E-state index contributed by atoms with van der Waals surface area (Å²) in [6, 6.07) is 6.00. The molecule has 0 radical (unpaired) electrons. The zero-order chi connectivity index (χ0) is 14.5. The number of rotatable bonds is 7. The molecule has 2 rings (SSSR count). The van der Waals surface area contributed by atoms with Gasteiger partial charge >= 0.3 is 0 Å². The lowest BCUT2D eigenvalue weighted by Crippen LogP contribution is -2.16. The van der Waals surface area contributed by atoms with E-state index in [0.29, 0.717) is 6.61 Å². The van der Waals surface area contributed by atoms with Crippen LogP contribution in [0.1, 0.15) is 19.2 Å². The minimum Gasteiger partial charge on any atom is -0.494 e.